The number of hydrogen-bond acceptors (Lipinski definition) is 9. The van der Waals surface area contributed by atoms with Crippen molar-refractivity contribution in [3.05, 3.63) is 70.9 Å². The van der Waals surface area contributed by atoms with Gasteiger partial charge >= 0.3 is 6.18 Å². The van der Waals surface area contributed by atoms with E-state index in [0.29, 0.717) is 63.5 Å². The van der Waals surface area contributed by atoms with E-state index in [0.717, 1.165) is 24.3 Å². The van der Waals surface area contributed by atoms with E-state index in [1.54, 1.807) is 34.1 Å². The first-order chi connectivity index (χ1) is 20.6. The van der Waals surface area contributed by atoms with Crippen LogP contribution in [0.1, 0.15) is 49.6 Å². The Morgan fingerprint density at radius 1 is 0.930 bits per heavy atom. The number of nitrogens with zero attached hydrogens (tertiary/aromatic N) is 5. The van der Waals surface area contributed by atoms with Crippen LogP contribution >= 0.6 is 0 Å². The van der Waals surface area contributed by atoms with Gasteiger partial charge in [-0.05, 0) is 61.4 Å². The summed E-state index contributed by atoms with van der Waals surface area (Å²) in [5.41, 5.74) is 5.64. The molecule has 0 saturated carbocycles. The highest BCUT2D eigenvalue weighted by molar-refractivity contribution is 5.97. The van der Waals surface area contributed by atoms with Crippen LogP contribution in [0.2, 0.25) is 0 Å². The van der Waals surface area contributed by atoms with Gasteiger partial charge in [0, 0.05) is 49.0 Å². The maximum Gasteiger partial charge on any atom is 0.416 e. The SMILES string of the molecule is NC(=O)c1nnc(N2CCC[C@@H](NC(=O)c3ccc(C(F)(F)F)cc3)C2)nc1Nc1ccc(C(=O)N2CCOCC2)cc1. The zero-order valence-electron chi connectivity index (χ0n) is 22.9. The number of halogens is 3. The first-order valence-electron chi connectivity index (χ1n) is 13.6. The highest BCUT2D eigenvalue weighted by atomic mass is 19.4. The monoisotopic (exact) mass is 598 g/mol. The van der Waals surface area contributed by atoms with Crippen molar-refractivity contribution in [1.29, 1.82) is 0 Å². The maximum atomic E-state index is 12.9. The molecule has 4 N–H and O–H groups in total. The van der Waals surface area contributed by atoms with Crippen molar-refractivity contribution in [2.45, 2.75) is 25.1 Å². The number of amides is 3. The van der Waals surface area contributed by atoms with Crippen molar-refractivity contribution >= 4 is 35.2 Å². The van der Waals surface area contributed by atoms with Crippen molar-refractivity contribution in [2.24, 2.45) is 5.73 Å². The van der Waals surface area contributed by atoms with E-state index < -0.39 is 23.6 Å². The molecule has 2 aliphatic heterocycles. The van der Waals surface area contributed by atoms with Gasteiger partial charge in [0.1, 0.15) is 0 Å². The summed E-state index contributed by atoms with van der Waals surface area (Å²) < 4.78 is 43.9. The zero-order valence-corrected chi connectivity index (χ0v) is 22.9. The number of piperidine rings is 1. The molecule has 3 heterocycles. The van der Waals surface area contributed by atoms with Crippen molar-refractivity contribution < 1.29 is 32.3 Å². The average molecular weight is 599 g/mol. The third-order valence-corrected chi connectivity index (χ3v) is 7.12. The van der Waals surface area contributed by atoms with Crippen molar-refractivity contribution in [3.63, 3.8) is 0 Å². The van der Waals surface area contributed by atoms with Crippen LogP contribution in [0.5, 0.6) is 0 Å². The van der Waals surface area contributed by atoms with Crippen LogP contribution in [0, 0.1) is 0 Å². The maximum absolute atomic E-state index is 12.9. The van der Waals surface area contributed by atoms with Crippen LogP contribution in [0.3, 0.4) is 0 Å². The second kappa shape index (κ2) is 12.6. The lowest BCUT2D eigenvalue weighted by Gasteiger charge is -2.33. The molecule has 5 rings (SSSR count). The molecule has 1 aromatic heterocycles. The molecular weight excluding hydrogens is 569 g/mol. The molecule has 2 aliphatic rings. The minimum Gasteiger partial charge on any atom is -0.378 e. The average Bonchev–Trinajstić information content (AvgIpc) is 3.01. The number of ether oxygens (including phenoxy) is 1. The van der Waals surface area contributed by atoms with Crippen LogP contribution in [-0.4, -0.2) is 83.2 Å². The zero-order chi connectivity index (χ0) is 30.6. The van der Waals surface area contributed by atoms with Gasteiger partial charge < -0.3 is 30.9 Å². The fourth-order valence-corrected chi connectivity index (χ4v) is 4.84. The number of hydrogen-bond donors (Lipinski definition) is 3. The van der Waals surface area contributed by atoms with E-state index in [2.05, 4.69) is 25.8 Å². The second-order valence-electron chi connectivity index (χ2n) is 10.1. The van der Waals surface area contributed by atoms with Gasteiger partial charge in [0.2, 0.25) is 5.95 Å². The molecule has 0 radical (unpaired) electrons. The van der Waals surface area contributed by atoms with Crippen LogP contribution in [0.15, 0.2) is 48.5 Å². The third-order valence-electron chi connectivity index (χ3n) is 7.12. The number of alkyl halides is 3. The van der Waals surface area contributed by atoms with Crippen molar-refractivity contribution in [1.82, 2.24) is 25.4 Å². The summed E-state index contributed by atoms with van der Waals surface area (Å²) in [7, 11) is 0. The normalized spacial score (nSPS) is 17.3. The molecule has 0 aliphatic carbocycles. The predicted molar refractivity (Wildman–Crippen MR) is 149 cm³/mol. The molecule has 3 aromatic rings. The smallest absolute Gasteiger partial charge is 0.378 e. The molecule has 2 fully saturated rings. The lowest BCUT2D eigenvalue weighted by atomic mass is 10.0. The number of morpholine rings is 1. The van der Waals surface area contributed by atoms with Crippen LogP contribution in [0.25, 0.3) is 0 Å². The lowest BCUT2D eigenvalue weighted by molar-refractivity contribution is -0.137. The Labute approximate surface area is 244 Å². The van der Waals surface area contributed by atoms with Crippen LogP contribution < -0.4 is 21.3 Å². The Morgan fingerprint density at radius 3 is 2.26 bits per heavy atom. The van der Waals surface area contributed by atoms with Gasteiger partial charge in [-0.15, -0.1) is 10.2 Å². The first-order valence-corrected chi connectivity index (χ1v) is 13.6. The Hall–Kier alpha value is -4.79. The van der Waals surface area contributed by atoms with E-state index in [4.69, 9.17) is 10.5 Å². The highest BCUT2D eigenvalue weighted by Crippen LogP contribution is 2.29. The number of anilines is 3. The first kappa shape index (κ1) is 29.7. The largest absolute Gasteiger partial charge is 0.416 e. The van der Waals surface area contributed by atoms with Crippen molar-refractivity contribution in [3.8, 4) is 0 Å². The molecule has 226 valence electrons. The van der Waals surface area contributed by atoms with Gasteiger partial charge in [0.15, 0.2) is 11.5 Å². The highest BCUT2D eigenvalue weighted by Gasteiger charge is 2.31. The fourth-order valence-electron chi connectivity index (χ4n) is 4.84. The quantitative estimate of drug-likeness (QED) is 0.372. The molecule has 0 bridgehead atoms. The number of nitrogens with one attached hydrogen (secondary N) is 2. The Morgan fingerprint density at radius 2 is 1.60 bits per heavy atom. The molecule has 12 nitrogen and oxygen atoms in total. The summed E-state index contributed by atoms with van der Waals surface area (Å²) in [5.74, 6) is -1.18. The molecule has 0 spiro atoms. The molecule has 2 saturated heterocycles. The standard InChI is InChI=1S/C28H29F3N8O4/c29-28(30,31)19-7-3-17(4-8-19)25(41)34-21-2-1-11-39(16-21)27-35-24(22(23(32)40)36-37-27)33-20-9-5-18(6-10-20)26(42)38-12-14-43-15-13-38/h3-10,21H,1-2,11-16H2,(H2,32,40)(H,34,41)(H,33,35,37)/t21-/m1/s1. The Bertz CT molecular complexity index is 1480. The number of aromatic nitrogens is 3. The molecule has 0 unspecified atom stereocenters. The van der Waals surface area contributed by atoms with Crippen LogP contribution in [0.4, 0.5) is 30.6 Å². The van der Waals surface area contributed by atoms with Gasteiger partial charge in [-0.1, -0.05) is 0 Å². The lowest BCUT2D eigenvalue weighted by Crippen LogP contribution is -2.48. The number of carbonyl (C=O) groups is 3. The summed E-state index contributed by atoms with van der Waals surface area (Å²) in [6.45, 7) is 2.88. The topological polar surface area (TPSA) is 156 Å². The summed E-state index contributed by atoms with van der Waals surface area (Å²) in [5, 5.41) is 13.9. The van der Waals surface area contributed by atoms with Crippen molar-refractivity contribution in [2.75, 3.05) is 49.6 Å². The van der Waals surface area contributed by atoms with E-state index in [9.17, 15) is 27.6 Å². The molecule has 1 atom stereocenters. The number of carbonyl (C=O) groups excluding carboxylic acids is 3. The summed E-state index contributed by atoms with van der Waals surface area (Å²) in [6, 6.07) is 10.3. The molecule has 15 heteroatoms. The number of primary amides is 1. The van der Waals surface area contributed by atoms with E-state index >= 15 is 0 Å². The van der Waals surface area contributed by atoms with Gasteiger partial charge in [-0.3, -0.25) is 14.4 Å². The van der Waals surface area contributed by atoms with E-state index in [1.165, 1.54) is 0 Å². The molecular formula is C28H29F3N8O4. The minimum atomic E-state index is -4.49. The Kier molecular flexibility index (Phi) is 8.71. The number of nitrogens with two attached hydrogens (primary N) is 1. The second-order valence-corrected chi connectivity index (χ2v) is 10.1. The van der Waals surface area contributed by atoms with Gasteiger partial charge in [-0.2, -0.15) is 18.2 Å². The fraction of sp³-hybridized carbons (Fsp3) is 0.357. The van der Waals surface area contributed by atoms with Gasteiger partial charge in [-0.25, -0.2) is 0 Å². The third kappa shape index (κ3) is 7.17. The van der Waals surface area contributed by atoms with Gasteiger partial charge in [0.25, 0.3) is 17.7 Å². The number of benzene rings is 2. The summed E-state index contributed by atoms with van der Waals surface area (Å²) in [4.78, 5) is 45.5. The molecule has 43 heavy (non-hydrogen) atoms. The Balaban J connectivity index is 1.26. The van der Waals surface area contributed by atoms with Gasteiger partial charge in [0.05, 0.1) is 18.8 Å². The number of rotatable bonds is 7. The summed E-state index contributed by atoms with van der Waals surface area (Å²) in [6.07, 6.45) is -3.19. The predicted octanol–water partition coefficient (Wildman–Crippen LogP) is 2.60. The molecule has 3 amide bonds. The van der Waals surface area contributed by atoms with E-state index in [-0.39, 0.29) is 35.0 Å². The summed E-state index contributed by atoms with van der Waals surface area (Å²) >= 11 is 0. The van der Waals surface area contributed by atoms with Crippen LogP contribution in [-0.2, 0) is 10.9 Å². The minimum absolute atomic E-state index is 0.0701. The molecule has 2 aromatic carbocycles. The van der Waals surface area contributed by atoms with E-state index in [1.807, 2.05) is 0 Å².